The van der Waals surface area contributed by atoms with Crippen molar-refractivity contribution in [3.8, 4) is 0 Å². The molecule has 0 aliphatic carbocycles. The second-order valence-corrected chi connectivity index (χ2v) is 5.72. The van der Waals surface area contributed by atoms with E-state index in [0.29, 0.717) is 0 Å². The molecule has 0 amide bonds. The van der Waals surface area contributed by atoms with Gasteiger partial charge >= 0.3 is 5.97 Å². The number of esters is 1. The topological polar surface area (TPSA) is 38.3 Å². The van der Waals surface area contributed by atoms with Gasteiger partial charge in [0.25, 0.3) is 0 Å². The number of nitrogens with one attached hydrogen (secondary N) is 1. The number of carbonyl (C=O) groups excluding carboxylic acids is 1. The Balaban J connectivity index is 1.89. The van der Waals surface area contributed by atoms with Crippen LogP contribution < -0.4 is 5.32 Å². The Morgan fingerprint density at radius 2 is 1.76 bits per heavy atom. The Hall–Kier alpha value is -2.07. The summed E-state index contributed by atoms with van der Waals surface area (Å²) in [6.45, 7) is 0. The molecule has 2 aromatic rings. The Kier molecular flexibility index (Phi) is 4.06. The van der Waals surface area contributed by atoms with Gasteiger partial charge in [-0.3, -0.25) is 0 Å². The van der Waals surface area contributed by atoms with Crippen LogP contribution in [0.4, 0.5) is 5.69 Å². The molecular weight excluding hydrogens is 330 g/mol. The van der Waals surface area contributed by atoms with Crippen molar-refractivity contribution in [3.05, 3.63) is 76.8 Å². The molecule has 2 atom stereocenters. The first-order valence-electron chi connectivity index (χ1n) is 6.68. The predicted molar refractivity (Wildman–Crippen MR) is 86.0 cm³/mol. The SMILES string of the molecule is O=C1C=CC(C(Nc2ccccc2)c2ccc(Br)cc2)O1. The lowest BCUT2D eigenvalue weighted by molar-refractivity contribution is -0.139. The zero-order valence-electron chi connectivity index (χ0n) is 11.2. The molecule has 0 radical (unpaired) electrons. The first kappa shape index (κ1) is 13.9. The van der Waals surface area contributed by atoms with Crippen molar-refractivity contribution in [2.45, 2.75) is 12.1 Å². The molecular formula is C17H14BrNO2. The summed E-state index contributed by atoms with van der Waals surface area (Å²) in [4.78, 5) is 11.4. The van der Waals surface area contributed by atoms with Crippen LogP contribution in [-0.4, -0.2) is 12.1 Å². The van der Waals surface area contributed by atoms with Crippen molar-refractivity contribution in [2.24, 2.45) is 0 Å². The Morgan fingerprint density at radius 1 is 1.05 bits per heavy atom. The molecule has 3 nitrogen and oxygen atoms in total. The number of rotatable bonds is 4. The average molecular weight is 344 g/mol. The van der Waals surface area contributed by atoms with Crippen LogP contribution >= 0.6 is 15.9 Å². The molecule has 4 heteroatoms. The van der Waals surface area contributed by atoms with E-state index in [9.17, 15) is 4.79 Å². The first-order valence-corrected chi connectivity index (χ1v) is 7.47. The highest BCUT2D eigenvalue weighted by atomic mass is 79.9. The standard InChI is InChI=1S/C17H14BrNO2/c18-13-8-6-12(7-9-13)17(15-10-11-16(20)21-15)19-14-4-2-1-3-5-14/h1-11,15,17,19H. The number of carbonyl (C=O) groups is 1. The third-order valence-electron chi connectivity index (χ3n) is 3.33. The highest BCUT2D eigenvalue weighted by molar-refractivity contribution is 9.10. The van der Waals surface area contributed by atoms with Gasteiger partial charge < -0.3 is 10.1 Å². The maximum absolute atomic E-state index is 11.4. The number of benzene rings is 2. The molecule has 0 saturated carbocycles. The van der Waals surface area contributed by atoms with Gasteiger partial charge in [-0.05, 0) is 35.9 Å². The Bertz CT molecular complexity index is 652. The van der Waals surface area contributed by atoms with Gasteiger partial charge in [0.05, 0.1) is 6.04 Å². The van der Waals surface area contributed by atoms with Crippen molar-refractivity contribution >= 4 is 27.6 Å². The maximum Gasteiger partial charge on any atom is 0.331 e. The van der Waals surface area contributed by atoms with Crippen molar-refractivity contribution in [1.82, 2.24) is 0 Å². The smallest absolute Gasteiger partial charge is 0.331 e. The highest BCUT2D eigenvalue weighted by Crippen LogP contribution is 2.28. The normalized spacial score (nSPS) is 18.3. The van der Waals surface area contributed by atoms with Crippen LogP contribution in [-0.2, 0) is 9.53 Å². The van der Waals surface area contributed by atoms with Crippen molar-refractivity contribution in [3.63, 3.8) is 0 Å². The minimum Gasteiger partial charge on any atom is -0.452 e. The van der Waals surface area contributed by atoms with E-state index in [4.69, 9.17) is 4.74 Å². The largest absolute Gasteiger partial charge is 0.452 e. The third-order valence-corrected chi connectivity index (χ3v) is 3.86. The van der Waals surface area contributed by atoms with Gasteiger partial charge in [0.1, 0.15) is 6.10 Å². The molecule has 0 spiro atoms. The molecule has 2 aromatic carbocycles. The molecule has 106 valence electrons. The van der Waals surface area contributed by atoms with Gasteiger partial charge in [-0.15, -0.1) is 0 Å². The molecule has 1 aliphatic heterocycles. The monoisotopic (exact) mass is 343 g/mol. The number of para-hydroxylation sites is 1. The summed E-state index contributed by atoms with van der Waals surface area (Å²) < 4.78 is 6.37. The summed E-state index contributed by atoms with van der Waals surface area (Å²) in [6, 6.07) is 17.8. The third kappa shape index (κ3) is 3.34. The van der Waals surface area contributed by atoms with Gasteiger partial charge in [0, 0.05) is 16.2 Å². The summed E-state index contributed by atoms with van der Waals surface area (Å²) in [5.41, 5.74) is 2.05. The Morgan fingerprint density at radius 3 is 2.38 bits per heavy atom. The number of hydrogen-bond donors (Lipinski definition) is 1. The highest BCUT2D eigenvalue weighted by Gasteiger charge is 2.27. The zero-order chi connectivity index (χ0) is 14.7. The van der Waals surface area contributed by atoms with Crippen LogP contribution in [0, 0.1) is 0 Å². The fourth-order valence-electron chi connectivity index (χ4n) is 2.30. The number of halogens is 1. The van der Waals surface area contributed by atoms with Gasteiger partial charge in [0.15, 0.2) is 0 Å². The van der Waals surface area contributed by atoms with E-state index in [0.717, 1.165) is 15.7 Å². The molecule has 3 rings (SSSR count). The number of hydrogen-bond acceptors (Lipinski definition) is 3. The van der Waals surface area contributed by atoms with Gasteiger partial charge in [-0.2, -0.15) is 0 Å². The van der Waals surface area contributed by atoms with Crippen LogP contribution in [0.1, 0.15) is 11.6 Å². The van der Waals surface area contributed by atoms with E-state index in [1.807, 2.05) is 54.6 Å². The molecule has 21 heavy (non-hydrogen) atoms. The lowest BCUT2D eigenvalue weighted by atomic mass is 10.0. The number of ether oxygens (including phenoxy) is 1. The van der Waals surface area contributed by atoms with Crippen molar-refractivity contribution in [2.75, 3.05) is 5.32 Å². The fraction of sp³-hybridized carbons (Fsp3) is 0.118. The lowest BCUT2D eigenvalue weighted by Gasteiger charge is -2.24. The average Bonchev–Trinajstić information content (AvgIpc) is 2.93. The van der Waals surface area contributed by atoms with Gasteiger partial charge in [-0.1, -0.05) is 46.3 Å². The van der Waals surface area contributed by atoms with Crippen LogP contribution in [0.3, 0.4) is 0 Å². The van der Waals surface area contributed by atoms with E-state index in [2.05, 4.69) is 21.2 Å². The van der Waals surface area contributed by atoms with E-state index in [1.54, 1.807) is 6.08 Å². The minimum atomic E-state index is -0.307. The first-order chi connectivity index (χ1) is 10.2. The van der Waals surface area contributed by atoms with E-state index < -0.39 is 0 Å². The van der Waals surface area contributed by atoms with E-state index in [1.165, 1.54) is 6.08 Å². The van der Waals surface area contributed by atoms with Gasteiger partial charge in [0.2, 0.25) is 0 Å². The molecule has 0 aromatic heterocycles. The second kappa shape index (κ2) is 6.14. The molecule has 2 unspecified atom stereocenters. The lowest BCUT2D eigenvalue weighted by Crippen LogP contribution is -2.25. The fourth-order valence-corrected chi connectivity index (χ4v) is 2.57. The molecule has 1 N–H and O–H groups in total. The molecule has 0 saturated heterocycles. The summed E-state index contributed by atoms with van der Waals surface area (Å²) in [5.74, 6) is -0.294. The maximum atomic E-state index is 11.4. The van der Waals surface area contributed by atoms with Crippen LogP contribution in [0.2, 0.25) is 0 Å². The molecule has 1 aliphatic rings. The molecule has 1 heterocycles. The minimum absolute atomic E-state index is 0.122. The number of cyclic esters (lactones) is 1. The Labute approximate surface area is 131 Å². The molecule has 0 fully saturated rings. The summed E-state index contributed by atoms with van der Waals surface area (Å²) in [7, 11) is 0. The predicted octanol–water partition coefficient (Wildman–Crippen LogP) is 4.08. The van der Waals surface area contributed by atoms with Crippen LogP contribution in [0.5, 0.6) is 0 Å². The quantitative estimate of drug-likeness (QED) is 0.850. The van der Waals surface area contributed by atoms with Crippen molar-refractivity contribution in [1.29, 1.82) is 0 Å². The second-order valence-electron chi connectivity index (χ2n) is 4.80. The summed E-state index contributed by atoms with van der Waals surface area (Å²) in [5, 5.41) is 3.43. The zero-order valence-corrected chi connectivity index (χ0v) is 12.8. The summed E-state index contributed by atoms with van der Waals surface area (Å²) >= 11 is 3.43. The molecule has 0 bridgehead atoms. The van der Waals surface area contributed by atoms with E-state index >= 15 is 0 Å². The van der Waals surface area contributed by atoms with Crippen LogP contribution in [0.15, 0.2) is 71.2 Å². The number of anilines is 1. The summed E-state index contributed by atoms with van der Waals surface area (Å²) in [6.07, 6.45) is 2.97. The van der Waals surface area contributed by atoms with Gasteiger partial charge in [-0.25, -0.2) is 4.79 Å². The van der Waals surface area contributed by atoms with E-state index in [-0.39, 0.29) is 18.1 Å². The van der Waals surface area contributed by atoms with Crippen LogP contribution in [0.25, 0.3) is 0 Å². The van der Waals surface area contributed by atoms with Crippen molar-refractivity contribution < 1.29 is 9.53 Å².